The highest BCUT2D eigenvalue weighted by Gasteiger charge is 2.36. The highest BCUT2D eigenvalue weighted by molar-refractivity contribution is 5.16. The molecule has 1 aromatic carbocycles. The number of rotatable bonds is 4. The molecule has 0 spiro atoms. The van der Waals surface area contributed by atoms with Crippen LogP contribution < -0.4 is 0 Å². The first-order chi connectivity index (χ1) is 12.3. The van der Waals surface area contributed by atoms with Gasteiger partial charge in [-0.05, 0) is 36.5 Å². The van der Waals surface area contributed by atoms with E-state index in [0.29, 0.717) is 12.0 Å². The molecule has 3 aliphatic heterocycles. The van der Waals surface area contributed by atoms with E-state index in [9.17, 15) is 4.39 Å². The third-order valence-corrected chi connectivity index (χ3v) is 5.84. The van der Waals surface area contributed by atoms with Crippen LogP contribution in [0, 0.1) is 17.7 Å². The van der Waals surface area contributed by atoms with E-state index in [0.717, 1.165) is 64.0 Å². The fourth-order valence-corrected chi connectivity index (χ4v) is 4.53. The lowest BCUT2D eigenvalue weighted by molar-refractivity contribution is 0.0453. The van der Waals surface area contributed by atoms with Gasteiger partial charge in [0.2, 0.25) is 0 Å². The van der Waals surface area contributed by atoms with E-state index < -0.39 is 0 Å². The van der Waals surface area contributed by atoms with E-state index in [-0.39, 0.29) is 5.82 Å². The smallest absolute Gasteiger partial charge is 0.123 e. The van der Waals surface area contributed by atoms with Crippen molar-refractivity contribution in [2.24, 2.45) is 11.8 Å². The van der Waals surface area contributed by atoms with Crippen molar-refractivity contribution in [3.8, 4) is 0 Å². The van der Waals surface area contributed by atoms with Gasteiger partial charge in [-0.15, -0.1) is 0 Å². The first-order valence-corrected chi connectivity index (χ1v) is 9.65. The fourth-order valence-electron chi connectivity index (χ4n) is 4.53. The van der Waals surface area contributed by atoms with Gasteiger partial charge in [0.25, 0.3) is 0 Å². The molecule has 0 unspecified atom stereocenters. The standard InChI is InChI=1S/C20H29FN2O2/c21-19-3-1-2-17(10-19)12-23-14-18-13-22(6-9-25-20(18)15-23)11-16-4-7-24-8-5-16/h1-3,10,16,18,20H,4-9,11-15H2/t18-,20+/m1/s1. The largest absolute Gasteiger partial charge is 0.381 e. The van der Waals surface area contributed by atoms with Gasteiger partial charge in [0, 0.05) is 58.4 Å². The van der Waals surface area contributed by atoms with Crippen molar-refractivity contribution in [3.05, 3.63) is 35.6 Å². The molecule has 138 valence electrons. The van der Waals surface area contributed by atoms with E-state index in [2.05, 4.69) is 9.80 Å². The molecule has 0 aromatic heterocycles. The molecule has 3 heterocycles. The minimum absolute atomic E-state index is 0.148. The molecule has 2 atom stereocenters. The second kappa shape index (κ2) is 8.12. The number of fused-ring (bicyclic) bond motifs is 1. The van der Waals surface area contributed by atoms with Crippen LogP contribution >= 0.6 is 0 Å². The van der Waals surface area contributed by atoms with Crippen LogP contribution in [-0.2, 0) is 16.0 Å². The van der Waals surface area contributed by atoms with Crippen molar-refractivity contribution in [2.45, 2.75) is 25.5 Å². The van der Waals surface area contributed by atoms with E-state index in [1.807, 2.05) is 6.07 Å². The normalized spacial score (nSPS) is 29.5. The van der Waals surface area contributed by atoms with Gasteiger partial charge in [-0.3, -0.25) is 4.90 Å². The van der Waals surface area contributed by atoms with E-state index in [1.165, 1.54) is 25.5 Å². The first kappa shape index (κ1) is 17.4. The second-order valence-electron chi connectivity index (χ2n) is 7.81. The predicted octanol–water partition coefficient (Wildman–Crippen LogP) is 2.38. The van der Waals surface area contributed by atoms with E-state index in [4.69, 9.17) is 9.47 Å². The third-order valence-electron chi connectivity index (χ3n) is 5.84. The van der Waals surface area contributed by atoms with Crippen molar-refractivity contribution in [2.75, 3.05) is 52.5 Å². The molecule has 0 N–H and O–H groups in total. The summed E-state index contributed by atoms with van der Waals surface area (Å²) in [4.78, 5) is 5.02. The molecule has 0 radical (unpaired) electrons. The summed E-state index contributed by atoms with van der Waals surface area (Å²) in [6.45, 7) is 8.85. The molecule has 3 saturated heterocycles. The predicted molar refractivity (Wildman–Crippen MR) is 94.9 cm³/mol. The summed E-state index contributed by atoms with van der Waals surface area (Å²) in [6.07, 6.45) is 2.71. The van der Waals surface area contributed by atoms with Crippen LogP contribution in [0.4, 0.5) is 4.39 Å². The summed E-state index contributed by atoms with van der Waals surface area (Å²) in [6, 6.07) is 6.96. The lowest BCUT2D eigenvalue weighted by atomic mass is 9.98. The van der Waals surface area contributed by atoms with Crippen molar-refractivity contribution in [1.29, 1.82) is 0 Å². The Balaban J connectivity index is 1.32. The minimum Gasteiger partial charge on any atom is -0.381 e. The van der Waals surface area contributed by atoms with Crippen LogP contribution in [0.1, 0.15) is 18.4 Å². The zero-order valence-corrected chi connectivity index (χ0v) is 14.9. The van der Waals surface area contributed by atoms with Crippen LogP contribution in [-0.4, -0.2) is 68.4 Å². The van der Waals surface area contributed by atoms with Crippen molar-refractivity contribution in [3.63, 3.8) is 0 Å². The molecule has 5 heteroatoms. The number of benzene rings is 1. The van der Waals surface area contributed by atoms with Gasteiger partial charge >= 0.3 is 0 Å². The summed E-state index contributed by atoms with van der Waals surface area (Å²) < 4.78 is 25.0. The molecule has 0 bridgehead atoms. The highest BCUT2D eigenvalue weighted by Crippen LogP contribution is 2.26. The Morgan fingerprint density at radius 1 is 1.04 bits per heavy atom. The Bertz CT molecular complexity index is 564. The summed E-state index contributed by atoms with van der Waals surface area (Å²) in [5, 5.41) is 0. The Hall–Kier alpha value is -1.01. The Kier molecular flexibility index (Phi) is 5.66. The maximum absolute atomic E-state index is 13.4. The zero-order valence-electron chi connectivity index (χ0n) is 14.9. The summed E-state index contributed by atoms with van der Waals surface area (Å²) in [7, 11) is 0. The van der Waals surface area contributed by atoms with Crippen LogP contribution in [0.3, 0.4) is 0 Å². The number of nitrogens with zero attached hydrogens (tertiary/aromatic N) is 2. The SMILES string of the molecule is Fc1cccc(CN2C[C@H]3CN(CC4CCOCC4)CCO[C@H]3C2)c1. The summed E-state index contributed by atoms with van der Waals surface area (Å²) >= 11 is 0. The van der Waals surface area contributed by atoms with Gasteiger partial charge in [0.15, 0.2) is 0 Å². The molecular formula is C20H29FN2O2. The van der Waals surface area contributed by atoms with Crippen LogP contribution in [0.25, 0.3) is 0 Å². The lowest BCUT2D eigenvalue weighted by Gasteiger charge is -2.30. The van der Waals surface area contributed by atoms with Gasteiger partial charge in [0.05, 0.1) is 12.7 Å². The fraction of sp³-hybridized carbons (Fsp3) is 0.700. The summed E-state index contributed by atoms with van der Waals surface area (Å²) in [5.41, 5.74) is 1.05. The monoisotopic (exact) mass is 348 g/mol. The Labute approximate surface area is 149 Å². The molecule has 0 amide bonds. The molecule has 0 aliphatic carbocycles. The quantitative estimate of drug-likeness (QED) is 0.834. The number of hydrogen-bond acceptors (Lipinski definition) is 4. The van der Waals surface area contributed by atoms with Crippen LogP contribution in [0.15, 0.2) is 24.3 Å². The Morgan fingerprint density at radius 2 is 1.88 bits per heavy atom. The molecule has 1 aromatic rings. The maximum Gasteiger partial charge on any atom is 0.123 e. The third kappa shape index (κ3) is 4.59. The number of halogens is 1. The van der Waals surface area contributed by atoms with Gasteiger partial charge in [-0.1, -0.05) is 12.1 Å². The van der Waals surface area contributed by atoms with E-state index in [1.54, 1.807) is 12.1 Å². The molecule has 0 saturated carbocycles. The number of likely N-dealkylation sites (tertiary alicyclic amines) is 1. The molecule has 4 rings (SSSR count). The van der Waals surface area contributed by atoms with Gasteiger partial charge in [0.1, 0.15) is 5.82 Å². The maximum atomic E-state index is 13.4. The lowest BCUT2D eigenvalue weighted by Crippen LogP contribution is -2.37. The van der Waals surface area contributed by atoms with Gasteiger partial charge in [-0.25, -0.2) is 4.39 Å². The number of hydrogen-bond donors (Lipinski definition) is 0. The average Bonchev–Trinajstić information content (AvgIpc) is 2.87. The van der Waals surface area contributed by atoms with Crippen molar-refractivity contribution in [1.82, 2.24) is 9.80 Å². The Morgan fingerprint density at radius 3 is 2.72 bits per heavy atom. The second-order valence-corrected chi connectivity index (χ2v) is 7.81. The van der Waals surface area contributed by atoms with Gasteiger partial charge < -0.3 is 14.4 Å². The molecule has 3 aliphatic rings. The van der Waals surface area contributed by atoms with Crippen molar-refractivity contribution < 1.29 is 13.9 Å². The average molecular weight is 348 g/mol. The molecular weight excluding hydrogens is 319 g/mol. The minimum atomic E-state index is -0.148. The van der Waals surface area contributed by atoms with Gasteiger partial charge in [-0.2, -0.15) is 0 Å². The first-order valence-electron chi connectivity index (χ1n) is 9.65. The van der Waals surface area contributed by atoms with E-state index >= 15 is 0 Å². The molecule has 25 heavy (non-hydrogen) atoms. The topological polar surface area (TPSA) is 24.9 Å². The molecule has 4 nitrogen and oxygen atoms in total. The summed E-state index contributed by atoms with van der Waals surface area (Å²) in [5.74, 6) is 1.19. The number of ether oxygens (including phenoxy) is 2. The zero-order chi connectivity index (χ0) is 17.1. The van der Waals surface area contributed by atoms with Crippen LogP contribution in [0.5, 0.6) is 0 Å². The highest BCUT2D eigenvalue weighted by atomic mass is 19.1. The molecule has 3 fully saturated rings. The van der Waals surface area contributed by atoms with Crippen LogP contribution in [0.2, 0.25) is 0 Å². The van der Waals surface area contributed by atoms with Crippen molar-refractivity contribution >= 4 is 0 Å².